The average Bonchev–Trinajstić information content (AvgIpc) is 2.61. The monoisotopic (exact) mass is 348 g/mol. The lowest BCUT2D eigenvalue weighted by molar-refractivity contribution is 0.213. The Morgan fingerprint density at radius 2 is 1.44 bits per heavy atom. The maximum absolute atomic E-state index is 7.12. The second-order valence-corrected chi connectivity index (χ2v) is 12.1. The molecule has 0 aliphatic heterocycles. The Hall–Kier alpha value is -1.90. The summed E-state index contributed by atoms with van der Waals surface area (Å²) in [6.45, 7) is 11.2. The van der Waals surface area contributed by atoms with Gasteiger partial charge in [-0.3, -0.25) is 0 Å². The first kappa shape index (κ1) is 17.9. The zero-order chi connectivity index (χ0) is 17.9. The molecule has 1 aliphatic carbocycles. The summed E-state index contributed by atoms with van der Waals surface area (Å²) in [6.07, 6.45) is 6.50. The van der Waals surface area contributed by atoms with Crippen LogP contribution in [0.3, 0.4) is 0 Å². The molecule has 2 heteroatoms. The van der Waals surface area contributed by atoms with Gasteiger partial charge in [0.05, 0.1) is 6.10 Å². The van der Waals surface area contributed by atoms with Crippen LogP contribution in [0.1, 0.15) is 33.6 Å². The van der Waals surface area contributed by atoms with Crippen molar-refractivity contribution >= 4 is 18.7 Å². The van der Waals surface area contributed by atoms with Gasteiger partial charge < -0.3 is 4.43 Å². The molecule has 0 saturated heterocycles. The van der Waals surface area contributed by atoms with Gasteiger partial charge in [-0.1, -0.05) is 100 Å². The highest BCUT2D eigenvalue weighted by Crippen LogP contribution is 2.39. The van der Waals surface area contributed by atoms with Crippen molar-refractivity contribution in [2.75, 3.05) is 0 Å². The summed E-state index contributed by atoms with van der Waals surface area (Å²) in [4.78, 5) is 0. The van der Waals surface area contributed by atoms with E-state index < -0.39 is 8.32 Å². The molecule has 0 spiro atoms. The molecule has 1 nitrogen and oxygen atoms in total. The molecule has 0 bridgehead atoms. The predicted molar refractivity (Wildman–Crippen MR) is 110 cm³/mol. The molecule has 0 saturated carbocycles. The lowest BCUT2D eigenvalue weighted by Gasteiger charge is -2.45. The summed E-state index contributed by atoms with van der Waals surface area (Å²) in [7, 11) is -2.47. The molecule has 25 heavy (non-hydrogen) atoms. The van der Waals surface area contributed by atoms with Crippen LogP contribution in [0.5, 0.6) is 0 Å². The van der Waals surface area contributed by atoms with E-state index in [0.717, 1.165) is 18.4 Å². The number of allylic oxidation sites excluding steroid dienone is 1. The first-order valence-corrected chi connectivity index (χ1v) is 11.0. The second-order valence-electron chi connectivity index (χ2n) is 7.82. The number of hydrogen-bond donors (Lipinski definition) is 0. The highest BCUT2D eigenvalue weighted by atomic mass is 28.4. The fraction of sp³-hybridized carbons (Fsp3) is 0.304. The van der Waals surface area contributed by atoms with E-state index in [1.165, 1.54) is 10.4 Å². The van der Waals surface area contributed by atoms with Crippen molar-refractivity contribution in [2.24, 2.45) is 0 Å². The quantitative estimate of drug-likeness (QED) is 0.719. The third kappa shape index (κ3) is 3.42. The zero-order valence-corrected chi connectivity index (χ0v) is 16.5. The Balaban J connectivity index is 2.19. The largest absolute Gasteiger partial charge is 0.400 e. The first-order valence-electron chi connectivity index (χ1n) is 9.09. The summed E-state index contributed by atoms with van der Waals surface area (Å²) in [6, 6.07) is 21.7. The molecule has 2 aromatic rings. The third-order valence-electron chi connectivity index (χ3n) is 5.08. The van der Waals surface area contributed by atoms with Crippen LogP contribution in [0, 0.1) is 0 Å². The van der Waals surface area contributed by atoms with E-state index in [1.807, 2.05) is 0 Å². The highest BCUT2D eigenvalue weighted by Gasteiger charge is 2.51. The molecular formula is C23H28OSi. The van der Waals surface area contributed by atoms with E-state index in [2.05, 4.69) is 100 Å². The molecular weight excluding hydrogens is 320 g/mol. The molecule has 0 N–H and O–H groups in total. The summed E-state index contributed by atoms with van der Waals surface area (Å²) < 4.78 is 7.12. The fourth-order valence-electron chi connectivity index (χ4n) is 3.81. The average molecular weight is 349 g/mol. The van der Waals surface area contributed by atoms with Crippen molar-refractivity contribution in [3.8, 4) is 0 Å². The Labute approximate surface area is 153 Å². The molecule has 1 atom stereocenters. The van der Waals surface area contributed by atoms with E-state index in [1.54, 1.807) is 0 Å². The van der Waals surface area contributed by atoms with E-state index in [-0.39, 0.29) is 11.1 Å². The van der Waals surface area contributed by atoms with E-state index >= 15 is 0 Å². The van der Waals surface area contributed by atoms with E-state index in [0.29, 0.717) is 0 Å². The van der Waals surface area contributed by atoms with E-state index in [4.69, 9.17) is 4.43 Å². The fourth-order valence-corrected chi connectivity index (χ4v) is 8.53. The van der Waals surface area contributed by atoms with Gasteiger partial charge >= 0.3 is 0 Å². The van der Waals surface area contributed by atoms with Gasteiger partial charge in [0, 0.05) is 0 Å². The van der Waals surface area contributed by atoms with Gasteiger partial charge in [0.2, 0.25) is 0 Å². The molecule has 1 aliphatic rings. The summed E-state index contributed by atoms with van der Waals surface area (Å²) in [5.74, 6) is 0. The van der Waals surface area contributed by atoms with Crippen LogP contribution in [0.4, 0.5) is 0 Å². The molecule has 130 valence electrons. The van der Waals surface area contributed by atoms with Crippen LogP contribution in [0.25, 0.3) is 0 Å². The smallest absolute Gasteiger partial charge is 0.261 e. The van der Waals surface area contributed by atoms with Crippen molar-refractivity contribution in [3.05, 3.63) is 85.0 Å². The minimum Gasteiger partial charge on any atom is -0.400 e. The molecule has 1 unspecified atom stereocenters. The van der Waals surface area contributed by atoms with Crippen LogP contribution < -0.4 is 10.4 Å². The first-order chi connectivity index (χ1) is 11.9. The summed E-state index contributed by atoms with van der Waals surface area (Å²) >= 11 is 0. The third-order valence-corrected chi connectivity index (χ3v) is 10.1. The summed E-state index contributed by atoms with van der Waals surface area (Å²) in [5, 5.41) is 2.67. The lowest BCUT2D eigenvalue weighted by Crippen LogP contribution is -2.67. The Bertz CT molecular complexity index is 701. The van der Waals surface area contributed by atoms with Gasteiger partial charge in [0.1, 0.15) is 0 Å². The van der Waals surface area contributed by atoms with Gasteiger partial charge in [-0.25, -0.2) is 0 Å². The minimum atomic E-state index is -2.47. The Kier molecular flexibility index (Phi) is 5.12. The lowest BCUT2D eigenvalue weighted by atomic mass is 10.0. The van der Waals surface area contributed by atoms with Gasteiger partial charge in [0.25, 0.3) is 8.32 Å². The van der Waals surface area contributed by atoms with Crippen molar-refractivity contribution < 1.29 is 4.43 Å². The van der Waals surface area contributed by atoms with Crippen LogP contribution >= 0.6 is 0 Å². The number of benzene rings is 2. The Morgan fingerprint density at radius 3 is 1.88 bits per heavy atom. The van der Waals surface area contributed by atoms with Gasteiger partial charge in [-0.2, -0.15) is 0 Å². The molecule has 2 aromatic carbocycles. The minimum absolute atomic E-state index is 0.0111. The van der Waals surface area contributed by atoms with E-state index in [9.17, 15) is 0 Å². The van der Waals surface area contributed by atoms with Crippen LogP contribution in [-0.4, -0.2) is 14.4 Å². The maximum Gasteiger partial charge on any atom is 0.261 e. The second kappa shape index (κ2) is 7.15. The molecule has 0 amide bonds. The van der Waals surface area contributed by atoms with Crippen LogP contribution in [-0.2, 0) is 4.43 Å². The Morgan fingerprint density at radius 1 is 0.920 bits per heavy atom. The van der Waals surface area contributed by atoms with Gasteiger partial charge in [-0.15, -0.1) is 0 Å². The highest BCUT2D eigenvalue weighted by molar-refractivity contribution is 6.99. The maximum atomic E-state index is 7.12. The van der Waals surface area contributed by atoms with Gasteiger partial charge in [0.15, 0.2) is 0 Å². The normalized spacial score (nSPS) is 18.4. The number of hydrogen-bond acceptors (Lipinski definition) is 1. The molecule has 0 fully saturated rings. The van der Waals surface area contributed by atoms with Crippen molar-refractivity contribution in [2.45, 2.75) is 44.8 Å². The molecule has 0 radical (unpaired) electrons. The van der Waals surface area contributed by atoms with Crippen molar-refractivity contribution in [1.29, 1.82) is 0 Å². The number of rotatable bonds is 4. The summed E-state index contributed by atoms with van der Waals surface area (Å²) in [5.41, 5.74) is 1.10. The zero-order valence-electron chi connectivity index (χ0n) is 15.5. The topological polar surface area (TPSA) is 9.23 Å². The predicted octanol–water partition coefficient (Wildman–Crippen LogP) is 4.84. The SMILES string of the molecule is C=C1C=CCCC1O[Si](c1ccccc1)(c1ccccc1)C(C)(C)C. The van der Waals surface area contributed by atoms with Crippen molar-refractivity contribution in [1.82, 2.24) is 0 Å². The molecule has 0 heterocycles. The van der Waals surface area contributed by atoms with Crippen LogP contribution in [0.15, 0.2) is 85.0 Å². The molecule has 0 aromatic heterocycles. The molecule has 3 rings (SSSR count). The van der Waals surface area contributed by atoms with Crippen molar-refractivity contribution in [3.63, 3.8) is 0 Å². The van der Waals surface area contributed by atoms with Crippen LogP contribution in [0.2, 0.25) is 5.04 Å². The standard InChI is InChI=1S/C23H28OSi/c1-19-13-11-12-18-22(19)24-25(23(2,3)4,20-14-7-5-8-15-20)21-16-9-6-10-17-21/h5-11,13-17,22H,1,12,18H2,2-4H3. The van der Waals surface area contributed by atoms with Gasteiger partial charge in [-0.05, 0) is 33.8 Å².